The first-order valence-electron chi connectivity index (χ1n) is 12.0. The fourth-order valence-electron chi connectivity index (χ4n) is 4.82. The van der Waals surface area contributed by atoms with Gasteiger partial charge in [0.2, 0.25) is 0 Å². The van der Waals surface area contributed by atoms with Crippen LogP contribution in [-0.4, -0.2) is 54.7 Å². The molecule has 1 aliphatic rings. The van der Waals surface area contributed by atoms with E-state index in [1.165, 1.54) is 6.07 Å². The number of hydrogen-bond acceptors (Lipinski definition) is 4. The van der Waals surface area contributed by atoms with Gasteiger partial charge in [-0.3, -0.25) is 9.59 Å². The van der Waals surface area contributed by atoms with E-state index in [1.54, 1.807) is 19.9 Å². The minimum atomic E-state index is -4.39. The highest BCUT2D eigenvalue weighted by atomic mass is 19.4. The molecule has 1 amide bonds. The van der Waals surface area contributed by atoms with Crippen LogP contribution in [0.2, 0.25) is 0 Å². The number of carbonyl (C=O) groups is 1. The van der Waals surface area contributed by atoms with Crippen molar-refractivity contribution in [1.82, 2.24) is 15.2 Å². The molecule has 0 saturated carbocycles. The topological polar surface area (TPSA) is 68.4 Å². The van der Waals surface area contributed by atoms with Crippen LogP contribution >= 0.6 is 0 Å². The third kappa shape index (κ3) is 6.25. The van der Waals surface area contributed by atoms with Crippen LogP contribution in [0.5, 0.6) is 0 Å². The first-order chi connectivity index (χ1) is 16.3. The maximum absolute atomic E-state index is 13.3. The molecule has 0 atom stereocenters. The third-order valence-electron chi connectivity index (χ3n) is 6.58. The molecule has 0 aliphatic carbocycles. The van der Waals surface area contributed by atoms with Gasteiger partial charge >= 0.3 is 6.18 Å². The number of anilines is 1. The highest BCUT2D eigenvalue weighted by Crippen LogP contribution is 2.32. The van der Waals surface area contributed by atoms with E-state index in [0.717, 1.165) is 24.3 Å². The Kier molecular flexibility index (Phi) is 7.99. The number of amides is 1. The van der Waals surface area contributed by atoms with Crippen LogP contribution < -0.4 is 15.8 Å². The summed E-state index contributed by atoms with van der Waals surface area (Å²) in [5.41, 5.74) is 3.27. The van der Waals surface area contributed by atoms with E-state index in [2.05, 4.69) is 20.1 Å². The fourth-order valence-corrected chi connectivity index (χ4v) is 4.82. The average Bonchev–Trinajstić information content (AvgIpc) is 2.72. The van der Waals surface area contributed by atoms with Gasteiger partial charge in [-0.15, -0.1) is 0 Å². The van der Waals surface area contributed by atoms with Crippen molar-refractivity contribution in [2.24, 2.45) is 0 Å². The number of nitrogens with zero attached hydrogens (tertiary/aromatic N) is 2. The number of nitrogens with one attached hydrogen (secondary N) is 2. The second-order valence-electron chi connectivity index (χ2n) is 9.79. The van der Waals surface area contributed by atoms with Crippen LogP contribution in [0.15, 0.2) is 23.0 Å². The second kappa shape index (κ2) is 10.4. The number of alkyl halides is 3. The number of benzene rings is 1. The Bertz CT molecular complexity index is 1130. The summed E-state index contributed by atoms with van der Waals surface area (Å²) in [4.78, 5) is 32.8. The van der Waals surface area contributed by atoms with Gasteiger partial charge in [0.1, 0.15) is 0 Å². The lowest BCUT2D eigenvalue weighted by Crippen LogP contribution is -2.58. The zero-order valence-electron chi connectivity index (χ0n) is 21.3. The van der Waals surface area contributed by atoms with Gasteiger partial charge in [-0.2, -0.15) is 13.2 Å². The van der Waals surface area contributed by atoms with Crippen LogP contribution in [0.25, 0.3) is 0 Å². The number of aryl methyl sites for hydroxylation is 1. The van der Waals surface area contributed by atoms with Gasteiger partial charge in [0.05, 0.1) is 12.5 Å². The van der Waals surface area contributed by atoms with Gasteiger partial charge in [-0.25, -0.2) is 0 Å². The molecule has 1 saturated heterocycles. The predicted octanol–water partition coefficient (Wildman–Crippen LogP) is 4.29. The first kappa shape index (κ1) is 26.8. The third-order valence-corrected chi connectivity index (χ3v) is 6.58. The van der Waals surface area contributed by atoms with Gasteiger partial charge in [-0.1, -0.05) is 13.8 Å². The number of likely N-dealkylation sites (tertiary alicyclic amines) is 1. The molecule has 1 aromatic heterocycles. The zero-order valence-corrected chi connectivity index (χ0v) is 21.3. The monoisotopic (exact) mass is 492 g/mol. The Morgan fingerprint density at radius 1 is 1.23 bits per heavy atom. The van der Waals surface area contributed by atoms with Crippen molar-refractivity contribution in [3.8, 4) is 0 Å². The largest absolute Gasteiger partial charge is 0.393 e. The number of aromatic nitrogens is 1. The predicted molar refractivity (Wildman–Crippen MR) is 132 cm³/mol. The number of aromatic amines is 1. The van der Waals surface area contributed by atoms with Crippen molar-refractivity contribution in [1.29, 1.82) is 0 Å². The molecule has 0 unspecified atom stereocenters. The van der Waals surface area contributed by atoms with Crippen molar-refractivity contribution in [3.05, 3.63) is 62.1 Å². The van der Waals surface area contributed by atoms with E-state index in [-0.39, 0.29) is 35.2 Å². The Morgan fingerprint density at radius 3 is 2.43 bits per heavy atom. The first-order valence-corrected chi connectivity index (χ1v) is 12.0. The number of carbonyl (C=O) groups excluding carboxylic acids is 1. The zero-order chi connectivity index (χ0) is 26.1. The lowest BCUT2D eigenvalue weighted by molar-refractivity contribution is -0.127. The van der Waals surface area contributed by atoms with Crippen molar-refractivity contribution >= 4 is 11.6 Å². The molecule has 1 fully saturated rings. The summed E-state index contributed by atoms with van der Waals surface area (Å²) in [5, 5.41) is 2.78. The summed E-state index contributed by atoms with van der Waals surface area (Å²) in [6.45, 7) is 11.7. The van der Waals surface area contributed by atoms with Crippen molar-refractivity contribution < 1.29 is 18.0 Å². The normalized spacial score (nSPS) is 14.8. The van der Waals surface area contributed by atoms with E-state index < -0.39 is 18.5 Å². The molecule has 9 heteroatoms. The number of hydrogen-bond donors (Lipinski definition) is 2. The van der Waals surface area contributed by atoms with Crippen molar-refractivity contribution in [2.75, 3.05) is 31.6 Å². The van der Waals surface area contributed by atoms with Crippen molar-refractivity contribution in [2.45, 2.75) is 65.7 Å². The second-order valence-corrected chi connectivity index (χ2v) is 9.79. The number of halogens is 3. The SMILES string of the molecule is CCN(c1cc(CC(F)(F)F)cc(C(=O)NCc2c(C(C)C)cc(C)[nH]c2=O)c1C)C1CN(C)C1. The Balaban J connectivity index is 1.96. The molecule has 0 radical (unpaired) electrons. The van der Waals surface area contributed by atoms with Crippen LogP contribution in [0.1, 0.15) is 65.0 Å². The number of likely N-dealkylation sites (N-methyl/N-ethyl adjacent to an activating group) is 2. The quantitative estimate of drug-likeness (QED) is 0.577. The van der Waals surface area contributed by atoms with Crippen LogP contribution in [0, 0.1) is 13.8 Å². The van der Waals surface area contributed by atoms with E-state index in [1.807, 2.05) is 33.9 Å². The molecule has 6 nitrogen and oxygen atoms in total. The number of rotatable bonds is 8. The summed E-state index contributed by atoms with van der Waals surface area (Å²) in [6.07, 6.45) is -5.51. The summed E-state index contributed by atoms with van der Waals surface area (Å²) in [5.74, 6) is -0.422. The average molecular weight is 493 g/mol. The van der Waals surface area contributed by atoms with Crippen LogP contribution in [0.4, 0.5) is 18.9 Å². The molecular formula is C26H35F3N4O2. The smallest absolute Gasteiger partial charge is 0.366 e. The van der Waals surface area contributed by atoms with Gasteiger partial charge in [0, 0.05) is 48.7 Å². The van der Waals surface area contributed by atoms with Gasteiger partial charge < -0.3 is 20.1 Å². The molecule has 35 heavy (non-hydrogen) atoms. The number of pyridine rings is 1. The molecule has 0 spiro atoms. The molecular weight excluding hydrogens is 457 g/mol. The van der Waals surface area contributed by atoms with E-state index in [4.69, 9.17) is 0 Å². The Labute approximate surface area is 204 Å². The molecule has 192 valence electrons. The molecule has 1 aromatic carbocycles. The maximum atomic E-state index is 13.3. The molecule has 0 bridgehead atoms. The summed E-state index contributed by atoms with van der Waals surface area (Å²) in [6, 6.07) is 4.95. The summed E-state index contributed by atoms with van der Waals surface area (Å²) >= 11 is 0. The number of H-pyrrole nitrogens is 1. The lowest BCUT2D eigenvalue weighted by Gasteiger charge is -2.45. The highest BCUT2D eigenvalue weighted by Gasteiger charge is 2.32. The van der Waals surface area contributed by atoms with Crippen LogP contribution in [-0.2, 0) is 13.0 Å². The summed E-state index contributed by atoms with van der Waals surface area (Å²) < 4.78 is 39.9. The van der Waals surface area contributed by atoms with E-state index in [9.17, 15) is 22.8 Å². The lowest BCUT2D eigenvalue weighted by atomic mass is 9.96. The molecule has 2 aromatic rings. The molecule has 1 aliphatic heterocycles. The standard InChI is InChI=1S/C26H35F3N4O2/c1-7-33(19-13-32(6)14-19)23-10-18(11-26(27,28)29)9-21(17(23)5)24(34)30-12-22-20(15(2)3)8-16(4)31-25(22)35/h8-10,15,19H,7,11-14H2,1-6H3,(H,30,34)(H,31,35). The van der Waals surface area contributed by atoms with Gasteiger partial charge in [-0.05, 0) is 68.6 Å². The van der Waals surface area contributed by atoms with Gasteiger partial charge in [0.15, 0.2) is 0 Å². The Morgan fingerprint density at radius 2 is 1.89 bits per heavy atom. The minimum Gasteiger partial charge on any atom is -0.366 e. The minimum absolute atomic E-state index is 0.00879. The highest BCUT2D eigenvalue weighted by molar-refractivity contribution is 5.97. The Hall–Kier alpha value is -2.81. The van der Waals surface area contributed by atoms with E-state index >= 15 is 0 Å². The molecule has 2 heterocycles. The van der Waals surface area contributed by atoms with Crippen LogP contribution in [0.3, 0.4) is 0 Å². The fraction of sp³-hybridized carbons (Fsp3) is 0.538. The molecule has 2 N–H and O–H groups in total. The maximum Gasteiger partial charge on any atom is 0.393 e. The summed E-state index contributed by atoms with van der Waals surface area (Å²) in [7, 11) is 1.99. The van der Waals surface area contributed by atoms with E-state index in [0.29, 0.717) is 23.4 Å². The molecule has 3 rings (SSSR count). The van der Waals surface area contributed by atoms with Crippen molar-refractivity contribution in [3.63, 3.8) is 0 Å². The van der Waals surface area contributed by atoms with Gasteiger partial charge in [0.25, 0.3) is 11.5 Å².